The summed E-state index contributed by atoms with van der Waals surface area (Å²) in [6.45, 7) is 6.56. The van der Waals surface area contributed by atoms with Gasteiger partial charge in [-0.05, 0) is 36.4 Å². The minimum atomic E-state index is -0.0489. The van der Waals surface area contributed by atoms with Gasteiger partial charge in [0.1, 0.15) is 0 Å². The number of pyridine rings is 1. The summed E-state index contributed by atoms with van der Waals surface area (Å²) in [6, 6.07) is 12.3. The third-order valence-corrected chi connectivity index (χ3v) is 4.79. The van der Waals surface area contributed by atoms with Gasteiger partial charge in [0.25, 0.3) is 0 Å². The Hall–Kier alpha value is -2.86. The van der Waals surface area contributed by atoms with E-state index in [1.165, 1.54) is 18.3 Å². The quantitative estimate of drug-likeness (QED) is 0.760. The number of carbonyl (C=O) groups excluding carboxylic acids is 1. The van der Waals surface area contributed by atoms with E-state index >= 15 is 0 Å². The lowest BCUT2D eigenvalue weighted by Crippen LogP contribution is -2.46. The Morgan fingerprint density at radius 2 is 1.88 bits per heavy atom. The van der Waals surface area contributed by atoms with Crippen molar-refractivity contribution < 1.29 is 4.79 Å². The number of rotatable bonds is 4. The van der Waals surface area contributed by atoms with Crippen molar-refractivity contribution in [2.75, 3.05) is 36.4 Å². The van der Waals surface area contributed by atoms with Crippen molar-refractivity contribution in [2.45, 2.75) is 13.5 Å². The van der Waals surface area contributed by atoms with Crippen LogP contribution in [0.2, 0.25) is 0 Å². The lowest BCUT2D eigenvalue weighted by atomic mass is 10.2. The van der Waals surface area contributed by atoms with E-state index in [1.807, 2.05) is 30.6 Å². The Balaban J connectivity index is 1.39. The maximum absolute atomic E-state index is 11.2. The van der Waals surface area contributed by atoms with Crippen LogP contribution in [0.1, 0.15) is 12.6 Å². The van der Waals surface area contributed by atoms with Crippen molar-refractivity contribution in [2.24, 2.45) is 0 Å². The Kier molecular flexibility index (Phi) is 4.58. The van der Waals surface area contributed by atoms with E-state index < -0.39 is 0 Å². The molecule has 1 aliphatic rings. The molecule has 0 atom stereocenters. The number of amides is 1. The lowest BCUT2D eigenvalue weighted by molar-refractivity contribution is -0.114. The molecule has 2 aromatic heterocycles. The maximum Gasteiger partial charge on any atom is 0.221 e. The minimum absolute atomic E-state index is 0.0489. The molecule has 134 valence electrons. The lowest BCUT2D eigenvalue weighted by Gasteiger charge is -2.35. The fraction of sp³-hybridized carbons (Fsp3) is 0.300. The molecule has 0 spiro atoms. The van der Waals surface area contributed by atoms with Gasteiger partial charge in [-0.2, -0.15) is 0 Å². The van der Waals surface area contributed by atoms with E-state index in [-0.39, 0.29) is 5.91 Å². The van der Waals surface area contributed by atoms with E-state index in [1.54, 1.807) is 0 Å². The van der Waals surface area contributed by atoms with Crippen LogP contribution in [0.5, 0.6) is 0 Å². The van der Waals surface area contributed by atoms with Crippen LogP contribution in [0.15, 0.2) is 48.8 Å². The normalized spacial score (nSPS) is 15.3. The van der Waals surface area contributed by atoms with Gasteiger partial charge in [-0.1, -0.05) is 0 Å². The number of H-pyrrole nitrogens is 1. The summed E-state index contributed by atoms with van der Waals surface area (Å²) in [7, 11) is 0. The monoisotopic (exact) mass is 349 g/mol. The van der Waals surface area contributed by atoms with Gasteiger partial charge >= 0.3 is 0 Å². The number of benzene rings is 1. The molecule has 0 unspecified atom stereocenters. The molecule has 2 N–H and O–H groups in total. The first-order valence-electron chi connectivity index (χ1n) is 8.94. The molecule has 0 saturated carbocycles. The summed E-state index contributed by atoms with van der Waals surface area (Å²) in [4.78, 5) is 23.7. The van der Waals surface area contributed by atoms with Crippen LogP contribution in [0, 0.1) is 0 Å². The number of hydrogen-bond donors (Lipinski definition) is 2. The Bertz CT molecular complexity index is 897. The van der Waals surface area contributed by atoms with Crippen molar-refractivity contribution in [1.82, 2.24) is 14.9 Å². The van der Waals surface area contributed by atoms with Gasteiger partial charge in [0.05, 0.1) is 0 Å². The topological polar surface area (TPSA) is 64.3 Å². The van der Waals surface area contributed by atoms with Gasteiger partial charge in [-0.25, -0.2) is 0 Å². The average molecular weight is 349 g/mol. The van der Waals surface area contributed by atoms with Gasteiger partial charge < -0.3 is 15.2 Å². The molecule has 0 radical (unpaired) electrons. The van der Waals surface area contributed by atoms with Gasteiger partial charge in [0, 0.05) is 80.0 Å². The summed E-state index contributed by atoms with van der Waals surface area (Å²) in [5, 5.41) is 3.96. The molecular formula is C20H23N5O. The molecular weight excluding hydrogens is 326 g/mol. The fourth-order valence-corrected chi connectivity index (χ4v) is 3.52. The Morgan fingerprint density at radius 1 is 1.12 bits per heavy atom. The van der Waals surface area contributed by atoms with E-state index in [4.69, 9.17) is 0 Å². The van der Waals surface area contributed by atoms with Crippen LogP contribution >= 0.6 is 0 Å². The third kappa shape index (κ3) is 3.70. The van der Waals surface area contributed by atoms with Crippen LogP contribution in [0.3, 0.4) is 0 Å². The van der Waals surface area contributed by atoms with E-state index in [0.717, 1.165) is 49.3 Å². The van der Waals surface area contributed by atoms with E-state index in [0.29, 0.717) is 0 Å². The first-order valence-corrected chi connectivity index (χ1v) is 8.94. The second-order valence-electron chi connectivity index (χ2n) is 6.75. The number of piperazine rings is 1. The van der Waals surface area contributed by atoms with Crippen LogP contribution in [-0.2, 0) is 11.3 Å². The van der Waals surface area contributed by atoms with Gasteiger partial charge in [0.15, 0.2) is 0 Å². The van der Waals surface area contributed by atoms with Gasteiger partial charge in [-0.3, -0.25) is 14.7 Å². The summed E-state index contributed by atoms with van der Waals surface area (Å²) in [5.41, 5.74) is 4.39. The zero-order valence-electron chi connectivity index (χ0n) is 14.9. The SMILES string of the molecule is CC(=O)Nc1ccc2[nH]c(CN3CCN(c4ccncc4)CC3)cc2c1. The first kappa shape index (κ1) is 16.6. The van der Waals surface area contributed by atoms with Gasteiger partial charge in [0.2, 0.25) is 5.91 Å². The molecule has 26 heavy (non-hydrogen) atoms. The smallest absolute Gasteiger partial charge is 0.221 e. The fourth-order valence-electron chi connectivity index (χ4n) is 3.52. The highest BCUT2D eigenvalue weighted by atomic mass is 16.1. The number of carbonyl (C=O) groups is 1. The maximum atomic E-state index is 11.2. The summed E-state index contributed by atoms with van der Waals surface area (Å²) in [6.07, 6.45) is 3.70. The zero-order chi connectivity index (χ0) is 17.9. The van der Waals surface area contributed by atoms with Crippen molar-refractivity contribution in [1.29, 1.82) is 0 Å². The Morgan fingerprint density at radius 3 is 2.62 bits per heavy atom. The van der Waals surface area contributed by atoms with Crippen molar-refractivity contribution in [3.63, 3.8) is 0 Å². The number of anilines is 2. The van der Waals surface area contributed by atoms with Crippen LogP contribution in [0.25, 0.3) is 10.9 Å². The number of aromatic amines is 1. The highest BCUT2D eigenvalue weighted by Gasteiger charge is 2.17. The molecule has 1 saturated heterocycles. The first-order chi connectivity index (χ1) is 12.7. The summed E-state index contributed by atoms with van der Waals surface area (Å²) in [5.74, 6) is -0.0489. The second kappa shape index (κ2) is 7.17. The molecule has 0 aliphatic carbocycles. The van der Waals surface area contributed by atoms with Crippen molar-refractivity contribution >= 4 is 28.2 Å². The Labute approximate surface area is 152 Å². The number of fused-ring (bicyclic) bond motifs is 1. The molecule has 1 amide bonds. The largest absolute Gasteiger partial charge is 0.369 e. The number of aromatic nitrogens is 2. The highest BCUT2D eigenvalue weighted by molar-refractivity contribution is 5.92. The minimum Gasteiger partial charge on any atom is -0.369 e. The molecule has 4 rings (SSSR count). The van der Waals surface area contributed by atoms with Crippen molar-refractivity contribution in [3.8, 4) is 0 Å². The number of nitrogens with zero attached hydrogens (tertiary/aromatic N) is 3. The number of nitrogens with one attached hydrogen (secondary N) is 2. The van der Waals surface area contributed by atoms with E-state index in [2.05, 4.69) is 43.3 Å². The third-order valence-electron chi connectivity index (χ3n) is 4.79. The molecule has 3 aromatic rings. The standard InChI is InChI=1S/C20H23N5O/c1-15(26)22-17-2-3-20-16(12-17)13-18(23-20)14-24-8-10-25(11-9-24)19-4-6-21-7-5-19/h2-7,12-13,23H,8-11,14H2,1H3,(H,22,26). The second-order valence-corrected chi connectivity index (χ2v) is 6.75. The molecule has 0 bridgehead atoms. The molecule has 1 fully saturated rings. The average Bonchev–Trinajstić information content (AvgIpc) is 3.04. The molecule has 1 aromatic carbocycles. The van der Waals surface area contributed by atoms with Crippen LogP contribution in [0.4, 0.5) is 11.4 Å². The molecule has 3 heterocycles. The molecule has 6 nitrogen and oxygen atoms in total. The van der Waals surface area contributed by atoms with E-state index in [9.17, 15) is 4.79 Å². The predicted molar refractivity (Wildman–Crippen MR) is 104 cm³/mol. The summed E-state index contributed by atoms with van der Waals surface area (Å²) >= 11 is 0. The van der Waals surface area contributed by atoms with Gasteiger partial charge in [-0.15, -0.1) is 0 Å². The summed E-state index contributed by atoms with van der Waals surface area (Å²) < 4.78 is 0. The van der Waals surface area contributed by atoms with Crippen LogP contribution in [-0.4, -0.2) is 47.0 Å². The molecule has 1 aliphatic heterocycles. The van der Waals surface area contributed by atoms with Crippen molar-refractivity contribution in [3.05, 3.63) is 54.5 Å². The zero-order valence-corrected chi connectivity index (χ0v) is 14.9. The van der Waals surface area contributed by atoms with Crippen LogP contribution < -0.4 is 10.2 Å². The molecule has 6 heteroatoms. The highest BCUT2D eigenvalue weighted by Crippen LogP contribution is 2.22. The predicted octanol–water partition coefficient (Wildman–Crippen LogP) is 2.84. The number of hydrogen-bond acceptors (Lipinski definition) is 4.